The highest BCUT2D eigenvalue weighted by atomic mass is 35.5. The van der Waals surface area contributed by atoms with Gasteiger partial charge in [0, 0.05) is 38.3 Å². The molecule has 0 radical (unpaired) electrons. The first kappa shape index (κ1) is 16.4. The average Bonchev–Trinajstić information content (AvgIpc) is 2.57. The minimum Gasteiger partial charge on any atom is -0.368 e. The first-order chi connectivity index (χ1) is 11.0. The molecule has 23 heavy (non-hydrogen) atoms. The summed E-state index contributed by atoms with van der Waals surface area (Å²) in [6, 6.07) is 5.22. The Kier molecular flexibility index (Phi) is 4.97. The van der Waals surface area contributed by atoms with Crippen LogP contribution in [-0.2, 0) is 9.59 Å². The molecule has 7 heteroatoms. The van der Waals surface area contributed by atoms with E-state index in [4.69, 9.17) is 23.2 Å². The van der Waals surface area contributed by atoms with Crippen molar-refractivity contribution in [3.63, 3.8) is 0 Å². The molecule has 1 N–H and O–H groups in total. The molecule has 124 valence electrons. The number of carbonyl (C=O) groups excluding carboxylic acids is 2. The van der Waals surface area contributed by atoms with Crippen LogP contribution in [-0.4, -0.2) is 48.9 Å². The van der Waals surface area contributed by atoms with Crippen LogP contribution in [0.2, 0.25) is 10.0 Å². The van der Waals surface area contributed by atoms with E-state index in [1.165, 1.54) is 0 Å². The van der Waals surface area contributed by atoms with E-state index in [1.54, 1.807) is 6.07 Å². The number of nitrogens with one attached hydrogen (secondary N) is 1. The van der Waals surface area contributed by atoms with Crippen molar-refractivity contribution in [2.45, 2.75) is 25.3 Å². The van der Waals surface area contributed by atoms with Crippen molar-refractivity contribution < 1.29 is 9.59 Å². The number of piperidine rings is 1. The number of carbonyl (C=O) groups is 2. The molecular formula is C16H19Cl2N3O2. The quantitative estimate of drug-likeness (QED) is 0.885. The van der Waals surface area contributed by atoms with Crippen molar-refractivity contribution in [1.82, 2.24) is 10.2 Å². The summed E-state index contributed by atoms with van der Waals surface area (Å²) in [4.78, 5) is 28.0. The number of anilines is 1. The second-order valence-electron chi connectivity index (χ2n) is 5.92. The van der Waals surface area contributed by atoms with Gasteiger partial charge in [-0.1, -0.05) is 23.2 Å². The van der Waals surface area contributed by atoms with Gasteiger partial charge in [-0.05, 0) is 31.0 Å². The van der Waals surface area contributed by atoms with Crippen molar-refractivity contribution in [1.29, 1.82) is 0 Å². The number of halogens is 2. The Morgan fingerprint density at radius 3 is 2.52 bits per heavy atom. The third kappa shape index (κ3) is 3.72. The molecule has 0 unspecified atom stereocenters. The number of nitrogens with zero attached hydrogens (tertiary/aromatic N) is 2. The molecule has 0 spiro atoms. The molecule has 3 rings (SSSR count). The van der Waals surface area contributed by atoms with E-state index in [1.807, 2.05) is 17.0 Å². The van der Waals surface area contributed by atoms with Gasteiger partial charge in [-0.3, -0.25) is 9.59 Å². The Balaban J connectivity index is 1.58. The maximum Gasteiger partial charge on any atom is 0.245 e. The summed E-state index contributed by atoms with van der Waals surface area (Å²) >= 11 is 12.0. The van der Waals surface area contributed by atoms with Gasteiger partial charge in [0.05, 0.1) is 10.0 Å². The lowest BCUT2D eigenvalue weighted by atomic mass is 10.0. The van der Waals surface area contributed by atoms with E-state index in [9.17, 15) is 9.59 Å². The van der Waals surface area contributed by atoms with Crippen LogP contribution in [0.4, 0.5) is 5.69 Å². The fraction of sp³-hybridized carbons (Fsp3) is 0.500. The standard InChI is InChI=1S/C16H19Cl2N3O2/c17-12-5-4-11(10-13(12)18)20-6-8-21(9-7-20)16(23)14-2-1-3-15(22)19-14/h4-5,10,14H,1-3,6-9H2,(H,19,22)/t14-/m1/s1. The van der Waals surface area contributed by atoms with E-state index in [0.29, 0.717) is 29.6 Å². The Morgan fingerprint density at radius 2 is 1.87 bits per heavy atom. The molecule has 2 saturated heterocycles. The van der Waals surface area contributed by atoms with Gasteiger partial charge in [0.1, 0.15) is 6.04 Å². The van der Waals surface area contributed by atoms with E-state index < -0.39 is 0 Å². The van der Waals surface area contributed by atoms with E-state index >= 15 is 0 Å². The van der Waals surface area contributed by atoms with Crippen LogP contribution in [0.3, 0.4) is 0 Å². The van der Waals surface area contributed by atoms with Gasteiger partial charge in [0.2, 0.25) is 11.8 Å². The zero-order chi connectivity index (χ0) is 16.4. The Hall–Kier alpha value is -1.46. The van der Waals surface area contributed by atoms with Crippen molar-refractivity contribution >= 4 is 40.7 Å². The lowest BCUT2D eigenvalue weighted by Crippen LogP contribution is -2.56. The molecule has 1 aromatic carbocycles. The number of rotatable bonds is 2. The van der Waals surface area contributed by atoms with Gasteiger partial charge in [-0.15, -0.1) is 0 Å². The van der Waals surface area contributed by atoms with Crippen LogP contribution in [0.15, 0.2) is 18.2 Å². The first-order valence-electron chi connectivity index (χ1n) is 7.83. The third-order valence-electron chi connectivity index (χ3n) is 4.39. The van der Waals surface area contributed by atoms with E-state index in [0.717, 1.165) is 31.6 Å². The molecule has 0 bridgehead atoms. The first-order valence-corrected chi connectivity index (χ1v) is 8.58. The van der Waals surface area contributed by atoms with Crippen molar-refractivity contribution in [2.75, 3.05) is 31.1 Å². The van der Waals surface area contributed by atoms with Crippen LogP contribution in [0.25, 0.3) is 0 Å². The molecule has 2 aliphatic heterocycles. The molecule has 1 atom stereocenters. The van der Waals surface area contributed by atoms with Crippen LogP contribution >= 0.6 is 23.2 Å². The number of amides is 2. The average molecular weight is 356 g/mol. The Bertz CT molecular complexity index is 615. The summed E-state index contributed by atoms with van der Waals surface area (Å²) in [5.41, 5.74) is 1.01. The summed E-state index contributed by atoms with van der Waals surface area (Å²) in [6.07, 6.45) is 2.04. The van der Waals surface area contributed by atoms with Crippen LogP contribution in [0.5, 0.6) is 0 Å². The van der Waals surface area contributed by atoms with E-state index in [2.05, 4.69) is 10.2 Å². The van der Waals surface area contributed by atoms with Crippen molar-refractivity contribution in [3.8, 4) is 0 Å². The summed E-state index contributed by atoms with van der Waals surface area (Å²) in [6.45, 7) is 2.77. The lowest BCUT2D eigenvalue weighted by Gasteiger charge is -2.38. The second-order valence-corrected chi connectivity index (χ2v) is 6.74. The molecule has 2 heterocycles. The Labute approximate surface area is 145 Å². The van der Waals surface area contributed by atoms with Gasteiger partial charge in [0.25, 0.3) is 0 Å². The van der Waals surface area contributed by atoms with Crippen LogP contribution in [0, 0.1) is 0 Å². The SMILES string of the molecule is O=C1CCC[C@H](C(=O)N2CCN(c3ccc(Cl)c(Cl)c3)CC2)N1. The van der Waals surface area contributed by atoms with E-state index in [-0.39, 0.29) is 17.9 Å². The summed E-state index contributed by atoms with van der Waals surface area (Å²) in [5.74, 6) is 0.0101. The minimum atomic E-state index is -0.354. The van der Waals surface area contributed by atoms with Crippen molar-refractivity contribution in [2.24, 2.45) is 0 Å². The maximum absolute atomic E-state index is 12.5. The molecule has 5 nitrogen and oxygen atoms in total. The summed E-state index contributed by atoms with van der Waals surface area (Å²) in [5, 5.41) is 3.87. The van der Waals surface area contributed by atoms with Gasteiger partial charge in [-0.2, -0.15) is 0 Å². The fourth-order valence-corrected chi connectivity index (χ4v) is 3.37. The molecule has 0 aromatic heterocycles. The van der Waals surface area contributed by atoms with Gasteiger partial charge in [0.15, 0.2) is 0 Å². The van der Waals surface area contributed by atoms with Gasteiger partial charge in [-0.25, -0.2) is 0 Å². The highest BCUT2D eigenvalue weighted by Gasteiger charge is 2.30. The number of piperazine rings is 1. The molecular weight excluding hydrogens is 337 g/mol. The highest BCUT2D eigenvalue weighted by molar-refractivity contribution is 6.42. The normalized spacial score (nSPS) is 22.0. The van der Waals surface area contributed by atoms with Crippen LogP contribution < -0.4 is 10.2 Å². The maximum atomic E-state index is 12.5. The minimum absolute atomic E-state index is 0.0240. The fourth-order valence-electron chi connectivity index (χ4n) is 3.08. The van der Waals surface area contributed by atoms with Crippen LogP contribution in [0.1, 0.15) is 19.3 Å². The van der Waals surface area contributed by atoms with Gasteiger partial charge >= 0.3 is 0 Å². The topological polar surface area (TPSA) is 52.7 Å². The summed E-state index contributed by atoms with van der Waals surface area (Å²) in [7, 11) is 0. The number of benzene rings is 1. The molecule has 2 aliphatic rings. The highest BCUT2D eigenvalue weighted by Crippen LogP contribution is 2.27. The lowest BCUT2D eigenvalue weighted by molar-refractivity contribution is -0.138. The molecule has 0 aliphatic carbocycles. The smallest absolute Gasteiger partial charge is 0.245 e. The predicted molar refractivity (Wildman–Crippen MR) is 91.0 cm³/mol. The third-order valence-corrected chi connectivity index (χ3v) is 5.13. The zero-order valence-electron chi connectivity index (χ0n) is 12.7. The zero-order valence-corrected chi connectivity index (χ0v) is 14.2. The summed E-state index contributed by atoms with van der Waals surface area (Å²) < 4.78 is 0. The molecule has 0 saturated carbocycles. The number of hydrogen-bond acceptors (Lipinski definition) is 3. The molecule has 2 fully saturated rings. The second kappa shape index (κ2) is 6.97. The predicted octanol–water partition coefficient (Wildman–Crippen LogP) is 2.31. The molecule has 2 amide bonds. The van der Waals surface area contributed by atoms with Gasteiger partial charge < -0.3 is 15.1 Å². The van der Waals surface area contributed by atoms with Crippen molar-refractivity contribution in [3.05, 3.63) is 28.2 Å². The largest absolute Gasteiger partial charge is 0.368 e. The monoisotopic (exact) mass is 355 g/mol. The number of hydrogen-bond donors (Lipinski definition) is 1. The Morgan fingerprint density at radius 1 is 1.13 bits per heavy atom. The molecule has 1 aromatic rings.